The first-order valence-corrected chi connectivity index (χ1v) is 12.2. The number of aromatic nitrogens is 1. The van der Waals surface area contributed by atoms with E-state index < -0.39 is 0 Å². The second kappa shape index (κ2) is 13.8. The molecule has 33 heavy (non-hydrogen) atoms. The molecule has 1 aromatic carbocycles. The van der Waals surface area contributed by atoms with Gasteiger partial charge in [-0.15, -0.1) is 0 Å². The lowest BCUT2D eigenvalue weighted by atomic mass is 10.1. The number of rotatable bonds is 14. The first-order valence-electron chi connectivity index (χ1n) is 12.2. The van der Waals surface area contributed by atoms with Gasteiger partial charge in [0.05, 0.1) is 12.6 Å². The maximum absolute atomic E-state index is 13.3. The Balaban J connectivity index is 2.26. The van der Waals surface area contributed by atoms with Gasteiger partial charge in [0.25, 0.3) is 5.56 Å². The number of allylic oxidation sites excluding steroid dienone is 3. The lowest BCUT2D eigenvalue weighted by Crippen LogP contribution is -2.23. The highest BCUT2D eigenvalue weighted by atomic mass is 16.5. The number of phenolic OH excluding ortho intramolecular Hbond substituents is 1. The largest absolute Gasteiger partial charge is 0.508 e. The molecule has 2 rings (SSSR count). The number of benzene rings is 1. The molecule has 0 aliphatic rings. The molecule has 1 heterocycles. The van der Waals surface area contributed by atoms with Crippen molar-refractivity contribution in [2.45, 2.75) is 85.6 Å². The second-order valence-corrected chi connectivity index (χ2v) is 8.97. The molecule has 0 spiro atoms. The van der Waals surface area contributed by atoms with Crippen LogP contribution in [0.15, 0.2) is 46.3 Å². The molecule has 0 fully saturated rings. The molecule has 1 aromatic heterocycles. The summed E-state index contributed by atoms with van der Waals surface area (Å²) in [6.07, 6.45) is 13.1. The zero-order chi connectivity index (χ0) is 24.2. The van der Waals surface area contributed by atoms with Gasteiger partial charge >= 0.3 is 0 Å². The summed E-state index contributed by atoms with van der Waals surface area (Å²) in [5.74, 6) is 0.782. The Morgan fingerprint density at radius 2 is 1.76 bits per heavy atom. The van der Waals surface area contributed by atoms with Gasteiger partial charge in [-0.1, -0.05) is 56.3 Å². The van der Waals surface area contributed by atoms with Crippen LogP contribution in [-0.4, -0.2) is 23.4 Å². The number of fused-ring (bicyclic) bond motifs is 1. The van der Waals surface area contributed by atoms with Crippen LogP contribution in [0.3, 0.4) is 0 Å². The fraction of sp³-hybridized carbons (Fsp3) is 0.536. The molecule has 0 amide bonds. The minimum atomic E-state index is -0.219. The van der Waals surface area contributed by atoms with Crippen molar-refractivity contribution >= 4 is 10.9 Å². The van der Waals surface area contributed by atoms with Crippen molar-refractivity contribution in [3.63, 3.8) is 0 Å². The third kappa shape index (κ3) is 7.99. The predicted octanol–water partition coefficient (Wildman–Crippen LogP) is 7.15. The van der Waals surface area contributed by atoms with Gasteiger partial charge in [-0.25, -0.2) is 0 Å². The summed E-state index contributed by atoms with van der Waals surface area (Å²) in [5.41, 5.74) is 3.02. The zero-order valence-corrected chi connectivity index (χ0v) is 21.1. The van der Waals surface area contributed by atoms with Crippen LogP contribution in [0.5, 0.6) is 17.2 Å². The highest BCUT2D eigenvalue weighted by molar-refractivity contribution is 5.89. The molecule has 0 saturated heterocycles. The van der Waals surface area contributed by atoms with Crippen molar-refractivity contribution in [3.05, 3.63) is 51.9 Å². The summed E-state index contributed by atoms with van der Waals surface area (Å²) >= 11 is 0. The van der Waals surface area contributed by atoms with E-state index >= 15 is 0 Å². The average Bonchev–Trinajstić information content (AvgIpc) is 2.77. The van der Waals surface area contributed by atoms with Crippen LogP contribution < -0.4 is 15.0 Å². The molecular weight excluding hydrogens is 414 g/mol. The topological polar surface area (TPSA) is 60.7 Å². The van der Waals surface area contributed by atoms with Gasteiger partial charge in [-0.2, -0.15) is 0 Å². The van der Waals surface area contributed by atoms with Crippen LogP contribution in [0.2, 0.25) is 0 Å². The van der Waals surface area contributed by atoms with Gasteiger partial charge in [0.1, 0.15) is 12.4 Å². The molecule has 0 bridgehead atoms. The smallest absolute Gasteiger partial charge is 0.297 e. The summed E-state index contributed by atoms with van der Waals surface area (Å²) in [7, 11) is 1.51. The molecule has 5 heteroatoms. The lowest BCUT2D eigenvalue weighted by Gasteiger charge is -2.17. The van der Waals surface area contributed by atoms with Gasteiger partial charge in [-0.3, -0.25) is 4.79 Å². The standard InChI is InChI=1S/C28H41NO4/c1-6-7-8-9-10-11-18-29-25-20-23(30)15-16-24(25)26(27(32-5)28(29)31)33-19-17-22(4)14-12-13-21(2)3/h13,15-17,20,30H,6-12,14,18-19H2,1-5H3/b22-17+. The van der Waals surface area contributed by atoms with E-state index in [1.807, 2.05) is 6.08 Å². The number of methoxy groups -OCH3 is 1. The van der Waals surface area contributed by atoms with E-state index in [0.717, 1.165) is 31.1 Å². The Bertz CT molecular complexity index is 1010. The average molecular weight is 456 g/mol. The van der Waals surface area contributed by atoms with Crippen LogP contribution in [0.4, 0.5) is 0 Å². The van der Waals surface area contributed by atoms with Gasteiger partial charge in [0, 0.05) is 18.0 Å². The van der Waals surface area contributed by atoms with Crippen LogP contribution >= 0.6 is 0 Å². The second-order valence-electron chi connectivity index (χ2n) is 8.97. The minimum Gasteiger partial charge on any atom is -0.508 e. The van der Waals surface area contributed by atoms with Crippen molar-refractivity contribution in [2.24, 2.45) is 0 Å². The van der Waals surface area contributed by atoms with Crippen molar-refractivity contribution < 1.29 is 14.6 Å². The molecule has 0 atom stereocenters. The van der Waals surface area contributed by atoms with Crippen LogP contribution in [-0.2, 0) is 6.54 Å². The summed E-state index contributed by atoms with van der Waals surface area (Å²) < 4.78 is 13.3. The zero-order valence-electron chi connectivity index (χ0n) is 21.1. The first-order chi connectivity index (χ1) is 15.9. The molecule has 0 saturated carbocycles. The number of pyridine rings is 1. The molecular formula is C28H41NO4. The minimum absolute atomic E-state index is 0.129. The van der Waals surface area contributed by atoms with Crippen molar-refractivity contribution in [2.75, 3.05) is 13.7 Å². The molecule has 2 aromatic rings. The molecule has 182 valence electrons. The molecule has 0 unspecified atom stereocenters. The predicted molar refractivity (Wildman–Crippen MR) is 138 cm³/mol. The fourth-order valence-electron chi connectivity index (χ4n) is 3.94. The van der Waals surface area contributed by atoms with Crippen LogP contribution in [0.25, 0.3) is 10.9 Å². The van der Waals surface area contributed by atoms with Gasteiger partial charge < -0.3 is 19.1 Å². The fourth-order valence-corrected chi connectivity index (χ4v) is 3.94. The number of aryl methyl sites for hydroxylation is 1. The third-order valence-corrected chi connectivity index (χ3v) is 5.85. The maximum Gasteiger partial charge on any atom is 0.297 e. The van der Waals surface area contributed by atoms with E-state index in [1.54, 1.807) is 22.8 Å². The summed E-state index contributed by atoms with van der Waals surface area (Å²) in [6.45, 7) is 9.45. The van der Waals surface area contributed by atoms with Gasteiger partial charge in [0.15, 0.2) is 5.75 Å². The van der Waals surface area contributed by atoms with E-state index in [-0.39, 0.29) is 17.1 Å². The molecule has 0 radical (unpaired) electrons. The van der Waals surface area contributed by atoms with Gasteiger partial charge in [0.2, 0.25) is 5.75 Å². The summed E-state index contributed by atoms with van der Waals surface area (Å²) in [4.78, 5) is 13.3. The SMILES string of the molecule is CCCCCCCCn1c(=O)c(OC)c(OC/C=C(\C)CCC=C(C)C)c2ccc(O)cc21. The first kappa shape index (κ1) is 26.6. The quantitative estimate of drug-likeness (QED) is 0.243. The Morgan fingerprint density at radius 3 is 2.45 bits per heavy atom. The van der Waals surface area contributed by atoms with E-state index in [1.165, 1.54) is 43.9 Å². The summed E-state index contributed by atoms with van der Waals surface area (Å²) in [5, 5.41) is 10.9. The monoisotopic (exact) mass is 455 g/mol. The van der Waals surface area contributed by atoms with Crippen molar-refractivity contribution in [1.82, 2.24) is 4.57 Å². The molecule has 1 N–H and O–H groups in total. The van der Waals surface area contributed by atoms with Crippen LogP contribution in [0, 0.1) is 0 Å². The van der Waals surface area contributed by atoms with E-state index in [0.29, 0.717) is 24.4 Å². The van der Waals surface area contributed by atoms with E-state index in [4.69, 9.17) is 9.47 Å². The Hall–Kier alpha value is -2.69. The maximum atomic E-state index is 13.3. The number of aromatic hydroxyl groups is 1. The van der Waals surface area contributed by atoms with Crippen LogP contribution in [0.1, 0.15) is 79.1 Å². The lowest BCUT2D eigenvalue weighted by molar-refractivity contribution is 0.324. The highest BCUT2D eigenvalue weighted by Gasteiger charge is 2.19. The Labute approximate surface area is 198 Å². The number of nitrogens with zero attached hydrogens (tertiary/aromatic N) is 1. The highest BCUT2D eigenvalue weighted by Crippen LogP contribution is 2.34. The Kier molecular flexibility index (Phi) is 11.1. The van der Waals surface area contributed by atoms with Gasteiger partial charge in [-0.05, 0) is 58.2 Å². The molecule has 0 aliphatic carbocycles. The third-order valence-electron chi connectivity index (χ3n) is 5.85. The molecule has 5 nitrogen and oxygen atoms in total. The normalized spacial score (nSPS) is 11.6. The number of unbranched alkanes of at least 4 members (excludes halogenated alkanes) is 5. The number of phenols is 1. The number of ether oxygens (including phenoxy) is 2. The van der Waals surface area contributed by atoms with E-state index in [9.17, 15) is 9.90 Å². The molecule has 0 aliphatic heterocycles. The van der Waals surface area contributed by atoms with Crippen molar-refractivity contribution in [1.29, 1.82) is 0 Å². The summed E-state index contributed by atoms with van der Waals surface area (Å²) in [6, 6.07) is 5.06. The van der Waals surface area contributed by atoms with E-state index in [2.05, 4.69) is 33.8 Å². The van der Waals surface area contributed by atoms with Crippen molar-refractivity contribution in [3.8, 4) is 17.2 Å². The number of hydrogen-bond acceptors (Lipinski definition) is 4. The number of hydrogen-bond donors (Lipinski definition) is 1. The Morgan fingerprint density at radius 1 is 1.03 bits per heavy atom.